The van der Waals surface area contributed by atoms with Gasteiger partial charge in [-0.15, -0.1) is 0 Å². The molecule has 0 atom stereocenters. The van der Waals surface area contributed by atoms with E-state index >= 15 is 0 Å². The smallest absolute Gasteiger partial charge is 0.306 e. The number of para-hydroxylation sites is 2. The molecule has 0 saturated heterocycles. The molecule has 7 heteroatoms. The summed E-state index contributed by atoms with van der Waals surface area (Å²) in [6.45, 7) is 0. The first kappa shape index (κ1) is 13.4. The number of carbonyl (C=O) groups excluding carboxylic acids is 1. The Hall–Kier alpha value is -2.54. The predicted octanol–water partition coefficient (Wildman–Crippen LogP) is 2.33. The SMILES string of the molecule is CS(=O)(=O)Oc1ccc2c(c1)C(=O)Nc1ccccc1N2. The molecule has 1 amide bonds. The molecule has 1 heterocycles. The first-order valence-electron chi connectivity index (χ1n) is 6.13. The monoisotopic (exact) mass is 304 g/mol. The van der Waals surface area contributed by atoms with Crippen LogP contribution in [0.15, 0.2) is 42.5 Å². The summed E-state index contributed by atoms with van der Waals surface area (Å²) in [7, 11) is -3.64. The van der Waals surface area contributed by atoms with Crippen molar-refractivity contribution in [2.45, 2.75) is 0 Å². The minimum absolute atomic E-state index is 0.0964. The molecule has 0 fully saturated rings. The molecule has 2 aromatic carbocycles. The standard InChI is InChI=1S/C14H12N2O4S/c1-21(18,19)20-9-6-7-11-10(8-9)14(17)16-13-5-3-2-4-12(13)15-11/h2-8,15H,1H3,(H,16,17). The summed E-state index contributed by atoms with van der Waals surface area (Å²) in [4.78, 5) is 12.2. The number of fused-ring (bicyclic) bond motifs is 2. The molecule has 0 aromatic heterocycles. The van der Waals surface area contributed by atoms with Gasteiger partial charge in [0.1, 0.15) is 5.75 Å². The summed E-state index contributed by atoms with van der Waals surface area (Å²) >= 11 is 0. The van der Waals surface area contributed by atoms with Gasteiger partial charge in [0.15, 0.2) is 0 Å². The van der Waals surface area contributed by atoms with E-state index in [0.29, 0.717) is 16.9 Å². The summed E-state index contributed by atoms with van der Waals surface area (Å²) < 4.78 is 27.1. The van der Waals surface area contributed by atoms with Crippen molar-refractivity contribution in [3.63, 3.8) is 0 Å². The van der Waals surface area contributed by atoms with E-state index in [2.05, 4.69) is 10.6 Å². The average molecular weight is 304 g/mol. The molecule has 0 spiro atoms. The molecule has 2 aromatic rings. The maximum atomic E-state index is 12.2. The van der Waals surface area contributed by atoms with Crippen LogP contribution in [0.1, 0.15) is 10.4 Å². The number of hydrogen-bond donors (Lipinski definition) is 2. The highest BCUT2D eigenvalue weighted by Crippen LogP contribution is 2.33. The van der Waals surface area contributed by atoms with E-state index in [1.807, 2.05) is 18.2 Å². The minimum Gasteiger partial charge on any atom is -0.383 e. The van der Waals surface area contributed by atoms with Gasteiger partial charge >= 0.3 is 10.1 Å². The summed E-state index contributed by atoms with van der Waals surface area (Å²) in [6.07, 6.45) is 0.951. The fourth-order valence-corrected chi connectivity index (χ4v) is 2.54. The number of benzene rings is 2. The van der Waals surface area contributed by atoms with E-state index in [0.717, 1.165) is 11.9 Å². The van der Waals surface area contributed by atoms with Gasteiger partial charge in [-0.1, -0.05) is 12.1 Å². The second kappa shape index (κ2) is 4.78. The lowest BCUT2D eigenvalue weighted by Gasteiger charge is -2.09. The van der Waals surface area contributed by atoms with Gasteiger partial charge < -0.3 is 14.8 Å². The lowest BCUT2D eigenvalue weighted by Crippen LogP contribution is -2.12. The molecule has 0 radical (unpaired) electrons. The molecular formula is C14H12N2O4S. The van der Waals surface area contributed by atoms with Crippen molar-refractivity contribution in [1.82, 2.24) is 0 Å². The molecule has 3 rings (SSSR count). The third-order valence-electron chi connectivity index (χ3n) is 2.93. The fourth-order valence-electron chi connectivity index (χ4n) is 2.08. The Balaban J connectivity index is 2.04. The van der Waals surface area contributed by atoms with E-state index < -0.39 is 10.1 Å². The van der Waals surface area contributed by atoms with E-state index in [1.54, 1.807) is 12.1 Å². The summed E-state index contributed by atoms with van der Waals surface area (Å²) in [5, 5.41) is 5.90. The largest absolute Gasteiger partial charge is 0.383 e. The van der Waals surface area contributed by atoms with Gasteiger partial charge in [-0.3, -0.25) is 4.79 Å². The molecular weight excluding hydrogens is 292 g/mol. The van der Waals surface area contributed by atoms with Gasteiger partial charge in [-0.05, 0) is 30.3 Å². The van der Waals surface area contributed by atoms with E-state index in [1.165, 1.54) is 12.1 Å². The van der Waals surface area contributed by atoms with Crippen molar-refractivity contribution < 1.29 is 17.4 Å². The molecule has 0 unspecified atom stereocenters. The predicted molar refractivity (Wildman–Crippen MR) is 79.6 cm³/mol. The van der Waals surface area contributed by atoms with Crippen molar-refractivity contribution in [2.24, 2.45) is 0 Å². The quantitative estimate of drug-likeness (QED) is 0.832. The molecule has 6 nitrogen and oxygen atoms in total. The molecule has 0 aliphatic carbocycles. The van der Waals surface area contributed by atoms with E-state index in [9.17, 15) is 13.2 Å². The normalized spacial score (nSPS) is 13.3. The summed E-state index contributed by atoms with van der Waals surface area (Å²) in [5.74, 6) is -0.236. The van der Waals surface area contributed by atoms with Gasteiger partial charge in [0.2, 0.25) is 0 Å². The van der Waals surface area contributed by atoms with Crippen LogP contribution < -0.4 is 14.8 Å². The molecule has 1 aliphatic rings. The molecule has 0 bridgehead atoms. The van der Waals surface area contributed by atoms with Crippen LogP contribution in [0, 0.1) is 0 Å². The van der Waals surface area contributed by atoms with Crippen molar-refractivity contribution in [2.75, 3.05) is 16.9 Å². The molecule has 1 aliphatic heterocycles. The second-order valence-electron chi connectivity index (χ2n) is 4.62. The van der Waals surface area contributed by atoms with Crippen LogP contribution in [-0.2, 0) is 10.1 Å². The number of amides is 1. The number of rotatable bonds is 2. The summed E-state index contributed by atoms with van der Waals surface area (Å²) in [6, 6.07) is 11.8. The van der Waals surface area contributed by atoms with Gasteiger partial charge in [-0.25, -0.2) is 0 Å². The van der Waals surface area contributed by atoms with Crippen LogP contribution in [-0.4, -0.2) is 20.6 Å². The van der Waals surface area contributed by atoms with Crippen molar-refractivity contribution in [3.05, 3.63) is 48.0 Å². The van der Waals surface area contributed by atoms with Crippen LogP contribution in [0.25, 0.3) is 0 Å². The molecule has 108 valence electrons. The third kappa shape index (κ3) is 2.82. The Morgan fingerprint density at radius 3 is 2.29 bits per heavy atom. The molecule has 21 heavy (non-hydrogen) atoms. The molecule has 0 saturated carbocycles. The van der Waals surface area contributed by atoms with Gasteiger partial charge in [-0.2, -0.15) is 8.42 Å². The van der Waals surface area contributed by atoms with Crippen molar-refractivity contribution >= 4 is 33.1 Å². The Morgan fingerprint density at radius 2 is 1.62 bits per heavy atom. The van der Waals surface area contributed by atoms with Crippen LogP contribution in [0.2, 0.25) is 0 Å². The average Bonchev–Trinajstić information content (AvgIpc) is 2.53. The zero-order chi connectivity index (χ0) is 15.0. The Morgan fingerprint density at radius 1 is 0.952 bits per heavy atom. The number of hydrogen-bond acceptors (Lipinski definition) is 5. The van der Waals surface area contributed by atoms with Gasteiger partial charge in [0.25, 0.3) is 5.91 Å². The van der Waals surface area contributed by atoms with Crippen LogP contribution >= 0.6 is 0 Å². The molecule has 2 N–H and O–H groups in total. The summed E-state index contributed by atoms with van der Waals surface area (Å²) in [5.41, 5.74) is 2.32. The number of carbonyl (C=O) groups is 1. The minimum atomic E-state index is -3.64. The Labute approximate surface area is 121 Å². The number of anilines is 3. The highest BCUT2D eigenvalue weighted by molar-refractivity contribution is 7.86. The van der Waals surface area contributed by atoms with Gasteiger partial charge in [0, 0.05) is 0 Å². The second-order valence-corrected chi connectivity index (χ2v) is 6.19. The highest BCUT2D eigenvalue weighted by Gasteiger charge is 2.20. The zero-order valence-electron chi connectivity index (χ0n) is 11.1. The third-order valence-corrected chi connectivity index (χ3v) is 3.42. The lowest BCUT2D eigenvalue weighted by molar-refractivity contribution is 0.102. The van der Waals surface area contributed by atoms with Crippen molar-refractivity contribution in [1.29, 1.82) is 0 Å². The van der Waals surface area contributed by atoms with Crippen LogP contribution in [0.3, 0.4) is 0 Å². The topological polar surface area (TPSA) is 84.5 Å². The van der Waals surface area contributed by atoms with Crippen molar-refractivity contribution in [3.8, 4) is 5.75 Å². The van der Waals surface area contributed by atoms with E-state index in [4.69, 9.17) is 4.18 Å². The maximum Gasteiger partial charge on any atom is 0.306 e. The zero-order valence-corrected chi connectivity index (χ0v) is 11.9. The Kier molecular flexibility index (Phi) is 3.06. The lowest BCUT2D eigenvalue weighted by atomic mass is 10.1. The van der Waals surface area contributed by atoms with Crippen LogP contribution in [0.4, 0.5) is 17.1 Å². The highest BCUT2D eigenvalue weighted by atomic mass is 32.2. The van der Waals surface area contributed by atoms with Gasteiger partial charge in [0.05, 0.1) is 28.9 Å². The van der Waals surface area contributed by atoms with E-state index in [-0.39, 0.29) is 11.7 Å². The first-order chi connectivity index (χ1) is 9.92. The Bertz CT molecular complexity index is 831. The van der Waals surface area contributed by atoms with Crippen LogP contribution in [0.5, 0.6) is 5.75 Å². The maximum absolute atomic E-state index is 12.2. The fraction of sp³-hybridized carbons (Fsp3) is 0.0714. The number of nitrogens with one attached hydrogen (secondary N) is 2. The first-order valence-corrected chi connectivity index (χ1v) is 7.95.